The van der Waals surface area contributed by atoms with Gasteiger partial charge in [0.1, 0.15) is 5.75 Å². The molecule has 0 saturated carbocycles. The van der Waals surface area contributed by atoms with E-state index in [2.05, 4.69) is 29.4 Å². The van der Waals surface area contributed by atoms with Gasteiger partial charge in [0.05, 0.1) is 7.11 Å². The quantitative estimate of drug-likeness (QED) is 0.884. The molecule has 0 aliphatic carbocycles. The van der Waals surface area contributed by atoms with E-state index < -0.39 is 0 Å². The summed E-state index contributed by atoms with van der Waals surface area (Å²) in [6.07, 6.45) is 4.92. The van der Waals surface area contributed by atoms with Crippen LogP contribution in [0.3, 0.4) is 0 Å². The van der Waals surface area contributed by atoms with Crippen molar-refractivity contribution in [1.29, 1.82) is 0 Å². The molecule has 1 saturated heterocycles. The normalized spacial score (nSPS) is 23.1. The van der Waals surface area contributed by atoms with Gasteiger partial charge in [-0.15, -0.1) is 0 Å². The molecule has 0 aromatic heterocycles. The van der Waals surface area contributed by atoms with Gasteiger partial charge in [-0.05, 0) is 43.9 Å². The Labute approximate surface area is 115 Å². The first-order valence-electron chi connectivity index (χ1n) is 7.43. The Morgan fingerprint density at radius 2 is 2.21 bits per heavy atom. The standard InChI is InChI=1S/C16H24N2O/c1-18-10-4-6-14-15(18)8-7-13(16(14)19-2)12-5-3-9-17-11-12/h7-8,12,17H,3-6,9-11H2,1-2H3. The molecule has 3 heteroatoms. The molecule has 3 nitrogen and oxygen atoms in total. The van der Waals surface area contributed by atoms with Gasteiger partial charge in [-0.25, -0.2) is 0 Å². The first-order chi connectivity index (χ1) is 9.31. The van der Waals surface area contributed by atoms with Crippen molar-refractivity contribution >= 4 is 5.69 Å². The summed E-state index contributed by atoms with van der Waals surface area (Å²) in [5.74, 6) is 1.76. The lowest BCUT2D eigenvalue weighted by Crippen LogP contribution is -2.29. The lowest BCUT2D eigenvalue weighted by molar-refractivity contribution is 0.386. The van der Waals surface area contributed by atoms with E-state index in [1.807, 2.05) is 7.11 Å². The second-order valence-electron chi connectivity index (χ2n) is 5.75. The Hall–Kier alpha value is -1.22. The summed E-state index contributed by atoms with van der Waals surface area (Å²) in [6, 6.07) is 4.58. The molecule has 0 radical (unpaired) electrons. The summed E-state index contributed by atoms with van der Waals surface area (Å²) in [6.45, 7) is 3.40. The van der Waals surface area contributed by atoms with Gasteiger partial charge >= 0.3 is 0 Å². The minimum Gasteiger partial charge on any atom is -0.496 e. The van der Waals surface area contributed by atoms with Crippen molar-refractivity contribution in [3.8, 4) is 5.75 Å². The molecule has 104 valence electrons. The zero-order chi connectivity index (χ0) is 13.2. The molecule has 1 aromatic rings. The summed E-state index contributed by atoms with van der Waals surface area (Å²) in [4.78, 5) is 2.35. The van der Waals surface area contributed by atoms with Crippen molar-refractivity contribution < 1.29 is 4.74 Å². The Balaban J connectivity index is 2.00. The summed E-state index contributed by atoms with van der Waals surface area (Å²) >= 11 is 0. The Morgan fingerprint density at radius 1 is 1.32 bits per heavy atom. The fourth-order valence-corrected chi connectivity index (χ4v) is 3.53. The van der Waals surface area contributed by atoms with Crippen LogP contribution in [0.4, 0.5) is 5.69 Å². The first kappa shape index (κ1) is 12.8. The lowest BCUT2D eigenvalue weighted by Gasteiger charge is -2.32. The summed E-state index contributed by atoms with van der Waals surface area (Å²) in [7, 11) is 4.00. The van der Waals surface area contributed by atoms with E-state index in [1.165, 1.54) is 36.1 Å². The smallest absolute Gasteiger partial charge is 0.127 e. The Bertz CT molecular complexity index is 452. The topological polar surface area (TPSA) is 24.5 Å². The molecule has 1 fully saturated rings. The number of fused-ring (bicyclic) bond motifs is 1. The molecule has 0 bridgehead atoms. The number of nitrogens with zero attached hydrogens (tertiary/aromatic N) is 1. The average molecular weight is 260 g/mol. The minimum atomic E-state index is 0.612. The van der Waals surface area contributed by atoms with Crippen LogP contribution in [0.25, 0.3) is 0 Å². The predicted molar refractivity (Wildman–Crippen MR) is 79.4 cm³/mol. The highest BCUT2D eigenvalue weighted by atomic mass is 16.5. The van der Waals surface area contributed by atoms with Crippen molar-refractivity contribution in [2.75, 3.05) is 38.7 Å². The third-order valence-electron chi connectivity index (χ3n) is 4.54. The number of nitrogens with one attached hydrogen (secondary N) is 1. The second kappa shape index (κ2) is 5.41. The van der Waals surface area contributed by atoms with Gasteiger partial charge < -0.3 is 15.0 Å². The van der Waals surface area contributed by atoms with Gasteiger partial charge in [0.25, 0.3) is 0 Å². The number of anilines is 1. The summed E-state index contributed by atoms with van der Waals surface area (Å²) < 4.78 is 5.79. The predicted octanol–water partition coefficient (Wildman–Crippen LogP) is 2.54. The van der Waals surface area contributed by atoms with Crippen LogP contribution < -0.4 is 15.0 Å². The van der Waals surface area contributed by atoms with Crippen molar-refractivity contribution in [2.45, 2.75) is 31.6 Å². The van der Waals surface area contributed by atoms with Crippen LogP contribution in [-0.2, 0) is 6.42 Å². The average Bonchev–Trinajstić information content (AvgIpc) is 2.47. The number of piperidine rings is 1. The third-order valence-corrected chi connectivity index (χ3v) is 4.54. The van der Waals surface area contributed by atoms with Crippen LogP contribution in [0.2, 0.25) is 0 Å². The number of hydrogen-bond acceptors (Lipinski definition) is 3. The number of rotatable bonds is 2. The molecule has 19 heavy (non-hydrogen) atoms. The highest BCUT2D eigenvalue weighted by molar-refractivity contribution is 5.63. The molecule has 3 rings (SSSR count). The zero-order valence-electron chi connectivity index (χ0n) is 12.0. The van der Waals surface area contributed by atoms with Gasteiger partial charge in [0.15, 0.2) is 0 Å². The van der Waals surface area contributed by atoms with Crippen LogP contribution >= 0.6 is 0 Å². The number of benzene rings is 1. The molecule has 2 aliphatic rings. The molecule has 1 aromatic carbocycles. The maximum absolute atomic E-state index is 5.79. The van der Waals surface area contributed by atoms with Crippen LogP contribution in [-0.4, -0.2) is 33.8 Å². The van der Waals surface area contributed by atoms with Crippen molar-refractivity contribution in [1.82, 2.24) is 5.32 Å². The number of ether oxygens (including phenoxy) is 1. The maximum atomic E-state index is 5.79. The fraction of sp³-hybridized carbons (Fsp3) is 0.625. The molecular formula is C16H24N2O. The van der Waals surface area contributed by atoms with Gasteiger partial charge in [-0.3, -0.25) is 0 Å². The molecule has 1 N–H and O–H groups in total. The molecule has 0 spiro atoms. The second-order valence-corrected chi connectivity index (χ2v) is 5.75. The summed E-state index contributed by atoms with van der Waals surface area (Å²) in [5.41, 5.74) is 4.18. The van der Waals surface area contributed by atoms with E-state index in [-0.39, 0.29) is 0 Å². The molecule has 2 heterocycles. The molecule has 1 atom stereocenters. The van der Waals surface area contributed by atoms with Crippen molar-refractivity contribution in [2.24, 2.45) is 0 Å². The van der Waals surface area contributed by atoms with E-state index in [0.717, 1.165) is 31.8 Å². The largest absolute Gasteiger partial charge is 0.496 e. The monoisotopic (exact) mass is 260 g/mol. The van der Waals surface area contributed by atoms with Gasteiger partial charge in [-0.1, -0.05) is 6.07 Å². The highest BCUT2D eigenvalue weighted by Gasteiger charge is 2.25. The van der Waals surface area contributed by atoms with Crippen LogP contribution in [0.5, 0.6) is 5.75 Å². The minimum absolute atomic E-state index is 0.612. The van der Waals surface area contributed by atoms with Crippen LogP contribution in [0, 0.1) is 0 Å². The fourth-order valence-electron chi connectivity index (χ4n) is 3.53. The third kappa shape index (κ3) is 2.32. The Morgan fingerprint density at radius 3 is 2.95 bits per heavy atom. The molecule has 0 amide bonds. The van der Waals surface area contributed by atoms with Crippen molar-refractivity contribution in [3.63, 3.8) is 0 Å². The molecule has 2 aliphatic heterocycles. The zero-order valence-corrected chi connectivity index (χ0v) is 12.0. The Kier molecular flexibility index (Phi) is 3.65. The summed E-state index contributed by atoms with van der Waals surface area (Å²) in [5, 5.41) is 3.51. The van der Waals surface area contributed by atoms with Crippen LogP contribution in [0.15, 0.2) is 12.1 Å². The van der Waals surface area contributed by atoms with E-state index >= 15 is 0 Å². The maximum Gasteiger partial charge on any atom is 0.127 e. The van der Waals surface area contributed by atoms with E-state index in [0.29, 0.717) is 5.92 Å². The lowest BCUT2D eigenvalue weighted by atomic mass is 9.87. The van der Waals surface area contributed by atoms with Crippen molar-refractivity contribution in [3.05, 3.63) is 23.3 Å². The molecular weight excluding hydrogens is 236 g/mol. The van der Waals surface area contributed by atoms with Gasteiger partial charge in [0.2, 0.25) is 0 Å². The van der Waals surface area contributed by atoms with E-state index in [1.54, 1.807) is 0 Å². The van der Waals surface area contributed by atoms with Gasteiger partial charge in [0, 0.05) is 37.3 Å². The number of hydrogen-bond donors (Lipinski definition) is 1. The first-order valence-corrected chi connectivity index (χ1v) is 7.43. The SMILES string of the molecule is COc1c(C2CCCNC2)ccc2c1CCCN2C. The van der Waals surface area contributed by atoms with Crippen LogP contribution in [0.1, 0.15) is 36.3 Å². The van der Waals surface area contributed by atoms with Gasteiger partial charge in [-0.2, -0.15) is 0 Å². The van der Waals surface area contributed by atoms with E-state index in [9.17, 15) is 0 Å². The highest BCUT2D eigenvalue weighted by Crippen LogP contribution is 2.40. The van der Waals surface area contributed by atoms with E-state index in [4.69, 9.17) is 4.74 Å². The number of methoxy groups -OCH3 is 1. The molecule has 1 unspecified atom stereocenters.